The first kappa shape index (κ1) is 9.54. The van der Waals surface area contributed by atoms with E-state index in [0.717, 1.165) is 16.5 Å². The SMILES string of the molecule is C[C@H]1OCc2c1c(N)nc1cc(F)[c]cc21. The molecule has 0 amide bonds. The Morgan fingerprint density at radius 1 is 1.62 bits per heavy atom. The molecule has 1 aliphatic rings. The van der Waals surface area contributed by atoms with E-state index in [2.05, 4.69) is 11.1 Å². The lowest BCUT2D eigenvalue weighted by molar-refractivity contribution is 0.0801. The van der Waals surface area contributed by atoms with Gasteiger partial charge in [0.2, 0.25) is 0 Å². The van der Waals surface area contributed by atoms with E-state index in [9.17, 15) is 4.39 Å². The van der Waals surface area contributed by atoms with Crippen LogP contribution in [0.15, 0.2) is 12.1 Å². The van der Waals surface area contributed by atoms with Gasteiger partial charge in [0.15, 0.2) is 0 Å². The minimum atomic E-state index is -0.425. The van der Waals surface area contributed by atoms with Gasteiger partial charge in [-0.2, -0.15) is 0 Å². The molecule has 81 valence electrons. The van der Waals surface area contributed by atoms with Crippen LogP contribution in [0.5, 0.6) is 0 Å². The Labute approximate surface area is 92.0 Å². The van der Waals surface area contributed by atoms with E-state index < -0.39 is 5.82 Å². The molecule has 0 bridgehead atoms. The van der Waals surface area contributed by atoms with Crippen molar-refractivity contribution < 1.29 is 9.13 Å². The second-order valence-corrected chi connectivity index (χ2v) is 3.92. The Morgan fingerprint density at radius 3 is 3.25 bits per heavy atom. The smallest absolute Gasteiger partial charge is 0.133 e. The lowest BCUT2D eigenvalue weighted by Crippen LogP contribution is -2.01. The number of fused-ring (bicyclic) bond motifs is 3. The number of nitrogens with two attached hydrogens (primary N) is 1. The number of pyridine rings is 1. The monoisotopic (exact) mass is 217 g/mol. The van der Waals surface area contributed by atoms with Gasteiger partial charge in [0.25, 0.3) is 0 Å². The van der Waals surface area contributed by atoms with E-state index in [0.29, 0.717) is 17.9 Å². The summed E-state index contributed by atoms with van der Waals surface area (Å²) < 4.78 is 18.5. The summed E-state index contributed by atoms with van der Waals surface area (Å²) in [6, 6.07) is 5.49. The largest absolute Gasteiger partial charge is 0.383 e. The normalized spacial score (nSPS) is 19.0. The zero-order valence-electron chi connectivity index (χ0n) is 8.75. The van der Waals surface area contributed by atoms with Crippen LogP contribution in [0.3, 0.4) is 0 Å². The summed E-state index contributed by atoms with van der Waals surface area (Å²) in [5.74, 6) is 0.00409. The van der Waals surface area contributed by atoms with Crippen molar-refractivity contribution in [1.29, 1.82) is 0 Å². The molecule has 0 aliphatic carbocycles. The molecular formula is C12H10FN2O. The van der Waals surface area contributed by atoms with Crippen LogP contribution in [0, 0.1) is 11.9 Å². The fourth-order valence-electron chi connectivity index (χ4n) is 2.18. The molecule has 1 radical (unpaired) electrons. The van der Waals surface area contributed by atoms with Crippen molar-refractivity contribution in [2.45, 2.75) is 19.6 Å². The standard InChI is InChI=1S/C12H10FN2O/c1-6-11-9(5-16-6)8-3-2-7(13)4-10(8)15-12(11)14/h3-4,6H,5H2,1H3,(H2,14,15)/t6-/m1/s1. The summed E-state index contributed by atoms with van der Waals surface area (Å²) in [7, 11) is 0. The topological polar surface area (TPSA) is 48.1 Å². The predicted octanol–water partition coefficient (Wildman–Crippen LogP) is 2.35. The molecule has 2 aromatic rings. The van der Waals surface area contributed by atoms with E-state index in [-0.39, 0.29) is 6.10 Å². The van der Waals surface area contributed by atoms with Crippen LogP contribution in [0.1, 0.15) is 24.2 Å². The number of ether oxygens (including phenoxy) is 1. The van der Waals surface area contributed by atoms with Crippen LogP contribution < -0.4 is 5.73 Å². The molecule has 0 spiro atoms. The number of aromatic nitrogens is 1. The molecule has 2 N–H and O–H groups in total. The second-order valence-electron chi connectivity index (χ2n) is 3.92. The van der Waals surface area contributed by atoms with Crippen molar-refractivity contribution >= 4 is 16.7 Å². The maximum absolute atomic E-state index is 13.0. The highest BCUT2D eigenvalue weighted by Crippen LogP contribution is 2.37. The van der Waals surface area contributed by atoms with Gasteiger partial charge in [0.1, 0.15) is 11.6 Å². The lowest BCUT2D eigenvalue weighted by Gasteiger charge is -2.08. The van der Waals surface area contributed by atoms with Gasteiger partial charge in [-0.3, -0.25) is 0 Å². The van der Waals surface area contributed by atoms with E-state index in [1.807, 2.05) is 6.92 Å². The highest BCUT2D eigenvalue weighted by atomic mass is 19.1. The van der Waals surface area contributed by atoms with Crippen molar-refractivity contribution in [3.05, 3.63) is 35.1 Å². The number of nitrogens with zero attached hydrogens (tertiary/aromatic N) is 1. The molecule has 0 unspecified atom stereocenters. The van der Waals surface area contributed by atoms with Gasteiger partial charge < -0.3 is 10.5 Å². The minimum Gasteiger partial charge on any atom is -0.383 e. The second kappa shape index (κ2) is 3.15. The molecule has 16 heavy (non-hydrogen) atoms. The van der Waals surface area contributed by atoms with Gasteiger partial charge >= 0.3 is 0 Å². The molecule has 1 atom stereocenters. The highest BCUT2D eigenvalue weighted by molar-refractivity contribution is 5.86. The van der Waals surface area contributed by atoms with Crippen molar-refractivity contribution in [2.24, 2.45) is 0 Å². The van der Waals surface area contributed by atoms with Gasteiger partial charge in [0, 0.05) is 23.1 Å². The van der Waals surface area contributed by atoms with Crippen LogP contribution in [-0.2, 0) is 11.3 Å². The first-order chi connectivity index (χ1) is 7.66. The summed E-state index contributed by atoms with van der Waals surface area (Å²) >= 11 is 0. The highest BCUT2D eigenvalue weighted by Gasteiger charge is 2.25. The fraction of sp³-hybridized carbons (Fsp3) is 0.250. The molecule has 1 aliphatic heterocycles. The van der Waals surface area contributed by atoms with Crippen LogP contribution in [0.4, 0.5) is 10.2 Å². The van der Waals surface area contributed by atoms with Crippen molar-refractivity contribution in [3.63, 3.8) is 0 Å². The third kappa shape index (κ3) is 1.20. The van der Waals surface area contributed by atoms with Crippen LogP contribution >= 0.6 is 0 Å². The Kier molecular flexibility index (Phi) is 1.88. The summed E-state index contributed by atoms with van der Waals surface area (Å²) in [6.45, 7) is 2.43. The van der Waals surface area contributed by atoms with E-state index in [1.165, 1.54) is 6.07 Å². The Bertz CT molecular complexity index is 583. The summed E-state index contributed by atoms with van der Waals surface area (Å²) in [4.78, 5) is 4.20. The molecule has 1 aromatic heterocycles. The Hall–Kier alpha value is -1.68. The zero-order chi connectivity index (χ0) is 11.3. The van der Waals surface area contributed by atoms with E-state index >= 15 is 0 Å². The Morgan fingerprint density at radius 2 is 2.44 bits per heavy atom. The van der Waals surface area contributed by atoms with Gasteiger partial charge in [-0.05, 0) is 18.6 Å². The maximum Gasteiger partial charge on any atom is 0.133 e. The number of halogens is 1. The molecule has 0 saturated carbocycles. The maximum atomic E-state index is 13.0. The molecule has 1 aromatic carbocycles. The van der Waals surface area contributed by atoms with Gasteiger partial charge in [-0.25, -0.2) is 9.37 Å². The molecule has 0 saturated heterocycles. The number of benzene rings is 1. The van der Waals surface area contributed by atoms with Crippen molar-refractivity contribution in [1.82, 2.24) is 4.98 Å². The molecule has 3 rings (SSSR count). The Balaban J connectivity index is 2.40. The average Bonchev–Trinajstić information content (AvgIpc) is 2.61. The molecule has 2 heterocycles. The molecule has 4 heteroatoms. The van der Waals surface area contributed by atoms with Gasteiger partial charge in [-0.15, -0.1) is 0 Å². The third-order valence-corrected chi connectivity index (χ3v) is 2.95. The van der Waals surface area contributed by atoms with E-state index in [1.54, 1.807) is 6.07 Å². The predicted molar refractivity (Wildman–Crippen MR) is 58.2 cm³/mol. The summed E-state index contributed by atoms with van der Waals surface area (Å²) in [6.07, 6.45) is -0.0445. The van der Waals surface area contributed by atoms with E-state index in [4.69, 9.17) is 10.5 Å². The lowest BCUT2D eigenvalue weighted by atomic mass is 10.0. The van der Waals surface area contributed by atoms with Crippen LogP contribution in [0.2, 0.25) is 0 Å². The average molecular weight is 217 g/mol. The molecule has 0 fully saturated rings. The van der Waals surface area contributed by atoms with Crippen molar-refractivity contribution in [2.75, 3.05) is 5.73 Å². The minimum absolute atomic E-state index is 0.0445. The first-order valence-electron chi connectivity index (χ1n) is 5.07. The number of anilines is 1. The summed E-state index contributed by atoms with van der Waals surface area (Å²) in [5, 5.41) is 0.870. The summed E-state index contributed by atoms with van der Waals surface area (Å²) in [5.41, 5.74) is 8.34. The van der Waals surface area contributed by atoms with Crippen LogP contribution in [0.25, 0.3) is 10.9 Å². The number of rotatable bonds is 0. The van der Waals surface area contributed by atoms with Gasteiger partial charge in [0.05, 0.1) is 18.2 Å². The van der Waals surface area contributed by atoms with Crippen molar-refractivity contribution in [3.8, 4) is 0 Å². The fourth-order valence-corrected chi connectivity index (χ4v) is 2.18. The quantitative estimate of drug-likeness (QED) is 0.736. The number of nitrogen functional groups attached to an aromatic ring is 1. The molecular weight excluding hydrogens is 207 g/mol. The third-order valence-electron chi connectivity index (χ3n) is 2.95. The zero-order valence-corrected chi connectivity index (χ0v) is 8.75. The molecule has 3 nitrogen and oxygen atoms in total. The first-order valence-corrected chi connectivity index (χ1v) is 5.07. The van der Waals surface area contributed by atoms with Crippen LogP contribution in [-0.4, -0.2) is 4.98 Å². The number of hydrogen-bond acceptors (Lipinski definition) is 3. The van der Waals surface area contributed by atoms with Gasteiger partial charge in [-0.1, -0.05) is 0 Å². The number of hydrogen-bond donors (Lipinski definition) is 1.